The zero-order valence-electron chi connectivity index (χ0n) is 14.9. The molecule has 1 aromatic rings. The molecule has 0 saturated carbocycles. The van der Waals surface area contributed by atoms with Crippen molar-refractivity contribution in [2.75, 3.05) is 19.4 Å². The molecule has 0 saturated heterocycles. The highest BCUT2D eigenvalue weighted by Gasteiger charge is 2.15. The van der Waals surface area contributed by atoms with E-state index in [1.54, 1.807) is 32.2 Å². The maximum absolute atomic E-state index is 11.5. The summed E-state index contributed by atoms with van der Waals surface area (Å²) in [5, 5.41) is 1.74. The van der Waals surface area contributed by atoms with E-state index in [1.165, 1.54) is 11.8 Å². The van der Waals surface area contributed by atoms with Gasteiger partial charge < -0.3 is 9.47 Å². The molecule has 1 aromatic carbocycles. The summed E-state index contributed by atoms with van der Waals surface area (Å²) in [6.07, 6.45) is 1.15. The average Bonchev–Trinajstić information content (AvgIpc) is 2.58. The highest BCUT2D eigenvalue weighted by atomic mass is 35.5. The van der Waals surface area contributed by atoms with Gasteiger partial charge in [-0.2, -0.15) is 0 Å². The molecule has 4 nitrogen and oxygen atoms in total. The minimum absolute atomic E-state index is 0.214. The second-order valence-corrected chi connectivity index (χ2v) is 6.99. The van der Waals surface area contributed by atoms with Crippen LogP contribution in [0.5, 0.6) is 0 Å². The van der Waals surface area contributed by atoms with E-state index in [0.717, 1.165) is 17.1 Å². The molecule has 0 aliphatic rings. The van der Waals surface area contributed by atoms with Gasteiger partial charge in [0.2, 0.25) is 5.90 Å². The molecule has 7 heteroatoms. The zero-order valence-corrected chi connectivity index (χ0v) is 17.2. The number of carbonyl (C=O) groups is 1. The smallest absolute Gasteiger partial charge is 0.306 e. The van der Waals surface area contributed by atoms with Gasteiger partial charge in [0.05, 0.1) is 23.6 Å². The fraction of sp³-hybridized carbons (Fsp3) is 0.444. The lowest BCUT2D eigenvalue weighted by Gasteiger charge is -2.15. The molecule has 0 unspecified atom stereocenters. The van der Waals surface area contributed by atoms with Crippen LogP contribution in [0.1, 0.15) is 39.2 Å². The Morgan fingerprint density at radius 2 is 2.00 bits per heavy atom. The van der Waals surface area contributed by atoms with Gasteiger partial charge in [-0.3, -0.25) is 9.79 Å². The predicted molar refractivity (Wildman–Crippen MR) is 107 cm³/mol. The summed E-state index contributed by atoms with van der Waals surface area (Å²) in [4.78, 5) is 15.7. The van der Waals surface area contributed by atoms with Crippen LogP contribution in [0.3, 0.4) is 0 Å². The topological polar surface area (TPSA) is 47.9 Å². The van der Waals surface area contributed by atoms with Gasteiger partial charge in [0, 0.05) is 17.8 Å². The summed E-state index contributed by atoms with van der Waals surface area (Å²) in [6.45, 7) is 6.21. The molecule has 0 atom stereocenters. The molecule has 0 aliphatic heterocycles. The second-order valence-electron chi connectivity index (χ2n) is 5.08. The average molecular weight is 404 g/mol. The highest BCUT2D eigenvalue weighted by molar-refractivity contribution is 8.02. The van der Waals surface area contributed by atoms with Crippen LogP contribution >= 0.6 is 35.0 Å². The number of carbonyl (C=O) groups excluding carboxylic acids is 1. The van der Waals surface area contributed by atoms with E-state index < -0.39 is 0 Å². The Kier molecular flexibility index (Phi) is 10.0. The number of allylic oxidation sites excluding steroid dienone is 1. The predicted octanol–water partition coefficient (Wildman–Crippen LogP) is 5.71. The van der Waals surface area contributed by atoms with Crippen molar-refractivity contribution in [1.82, 2.24) is 0 Å². The van der Waals surface area contributed by atoms with Crippen molar-refractivity contribution < 1.29 is 14.3 Å². The fourth-order valence-electron chi connectivity index (χ4n) is 1.82. The molecule has 0 N–H and O–H groups in total. The van der Waals surface area contributed by atoms with Crippen molar-refractivity contribution in [1.29, 1.82) is 0 Å². The molecule has 1 rings (SSSR count). The summed E-state index contributed by atoms with van der Waals surface area (Å²) in [6, 6.07) is 5.16. The van der Waals surface area contributed by atoms with Gasteiger partial charge in [0.15, 0.2) is 5.09 Å². The van der Waals surface area contributed by atoms with Crippen LogP contribution in [0.2, 0.25) is 10.0 Å². The molecular weight excluding hydrogens is 381 g/mol. The Morgan fingerprint density at radius 3 is 2.56 bits per heavy atom. The van der Waals surface area contributed by atoms with E-state index in [0.29, 0.717) is 40.3 Å². The van der Waals surface area contributed by atoms with Gasteiger partial charge in [0.25, 0.3) is 0 Å². The monoisotopic (exact) mass is 403 g/mol. The summed E-state index contributed by atoms with van der Waals surface area (Å²) in [7, 11) is 1.64. The molecule has 25 heavy (non-hydrogen) atoms. The number of hydrogen-bond donors (Lipinski definition) is 0. The largest absolute Gasteiger partial charge is 0.466 e. The van der Waals surface area contributed by atoms with Gasteiger partial charge in [-0.1, -0.05) is 41.9 Å². The third-order valence-corrected chi connectivity index (χ3v) is 4.93. The van der Waals surface area contributed by atoms with Crippen LogP contribution in [0.15, 0.2) is 33.9 Å². The number of esters is 1. The standard InChI is InChI=1S/C18H23Cl2NO3S/c1-5-12(3)18(25-10-9-16(22)23-6-2)24-17(21-4)14-8-7-13(19)11-15(14)20/h7-8,11H,5-6,9-10H2,1-4H3. The van der Waals surface area contributed by atoms with Gasteiger partial charge in [0.1, 0.15) is 0 Å². The van der Waals surface area contributed by atoms with Crippen molar-refractivity contribution in [3.8, 4) is 0 Å². The Hall–Kier alpha value is -1.17. The normalized spacial score (nSPS) is 12.6. The third-order valence-electron chi connectivity index (χ3n) is 3.28. The van der Waals surface area contributed by atoms with E-state index in [2.05, 4.69) is 4.99 Å². The number of halogens is 2. The minimum atomic E-state index is -0.214. The Bertz CT molecular complexity index is 660. The Morgan fingerprint density at radius 1 is 1.28 bits per heavy atom. The van der Waals surface area contributed by atoms with Crippen molar-refractivity contribution in [3.05, 3.63) is 44.5 Å². The molecule has 0 heterocycles. The number of hydrogen-bond acceptors (Lipinski definition) is 5. The summed E-state index contributed by atoms with van der Waals surface area (Å²) in [5.74, 6) is 0.762. The maximum atomic E-state index is 11.5. The molecular formula is C18H23Cl2NO3S. The number of ether oxygens (including phenoxy) is 2. The summed E-state index contributed by atoms with van der Waals surface area (Å²) in [5.41, 5.74) is 1.74. The first-order chi connectivity index (χ1) is 11.9. The van der Waals surface area contributed by atoms with Crippen molar-refractivity contribution >= 4 is 46.8 Å². The molecule has 0 bridgehead atoms. The molecule has 0 aliphatic carbocycles. The summed E-state index contributed by atoms with van der Waals surface area (Å²) >= 11 is 13.7. The fourth-order valence-corrected chi connectivity index (χ4v) is 3.29. The van der Waals surface area contributed by atoms with E-state index in [1.807, 2.05) is 13.8 Å². The molecule has 138 valence electrons. The van der Waals surface area contributed by atoms with Crippen LogP contribution in [0, 0.1) is 0 Å². The van der Waals surface area contributed by atoms with E-state index in [9.17, 15) is 4.79 Å². The third kappa shape index (κ3) is 7.30. The van der Waals surface area contributed by atoms with E-state index in [4.69, 9.17) is 32.7 Å². The minimum Gasteiger partial charge on any atom is -0.466 e. The molecule has 0 radical (unpaired) electrons. The second kappa shape index (κ2) is 11.4. The van der Waals surface area contributed by atoms with Crippen molar-refractivity contribution in [2.24, 2.45) is 4.99 Å². The lowest BCUT2D eigenvalue weighted by Crippen LogP contribution is -2.09. The van der Waals surface area contributed by atoms with Crippen LogP contribution in [0.4, 0.5) is 0 Å². The zero-order chi connectivity index (χ0) is 18.8. The molecule has 0 amide bonds. The lowest BCUT2D eigenvalue weighted by molar-refractivity contribution is -0.142. The Balaban J connectivity index is 2.88. The van der Waals surface area contributed by atoms with Gasteiger partial charge in [-0.15, -0.1) is 0 Å². The lowest BCUT2D eigenvalue weighted by atomic mass is 10.2. The number of nitrogens with zero attached hydrogens (tertiary/aromatic N) is 1. The molecule has 0 aromatic heterocycles. The first kappa shape index (κ1) is 21.9. The highest BCUT2D eigenvalue weighted by Crippen LogP contribution is 2.28. The molecule has 0 spiro atoms. The van der Waals surface area contributed by atoms with Crippen molar-refractivity contribution in [2.45, 2.75) is 33.6 Å². The van der Waals surface area contributed by atoms with E-state index in [-0.39, 0.29) is 5.97 Å². The maximum Gasteiger partial charge on any atom is 0.306 e. The first-order valence-corrected chi connectivity index (χ1v) is 9.75. The first-order valence-electron chi connectivity index (χ1n) is 8.01. The van der Waals surface area contributed by atoms with Crippen molar-refractivity contribution in [3.63, 3.8) is 0 Å². The SMILES string of the molecule is CCOC(=O)CCSC(OC(=NC)c1ccc(Cl)cc1Cl)=C(C)CC. The van der Waals surface area contributed by atoms with Gasteiger partial charge in [-0.25, -0.2) is 0 Å². The number of thioether (sulfide) groups is 1. The van der Waals surface area contributed by atoms with Gasteiger partial charge >= 0.3 is 5.97 Å². The number of aliphatic imine (C=N–C) groups is 1. The van der Waals surface area contributed by atoms with Crippen LogP contribution in [-0.4, -0.2) is 31.3 Å². The Labute approximate surface area is 163 Å². The van der Waals surface area contributed by atoms with Crippen LogP contribution < -0.4 is 0 Å². The summed E-state index contributed by atoms with van der Waals surface area (Å²) < 4.78 is 11.0. The van der Waals surface area contributed by atoms with E-state index >= 15 is 0 Å². The van der Waals surface area contributed by atoms with Gasteiger partial charge in [-0.05, 0) is 44.0 Å². The quantitative estimate of drug-likeness (QED) is 0.241. The van der Waals surface area contributed by atoms with Crippen LogP contribution in [-0.2, 0) is 14.3 Å². The number of benzene rings is 1. The molecule has 0 fully saturated rings. The number of rotatable bonds is 8. The van der Waals surface area contributed by atoms with Crippen LogP contribution in [0.25, 0.3) is 0 Å².